The molecule has 2 aromatic carbocycles. The van der Waals surface area contributed by atoms with E-state index < -0.39 is 8.07 Å². The molecule has 0 aliphatic rings. The fraction of sp³-hybridized carbons (Fsp3) is 0.176. The Morgan fingerprint density at radius 2 is 1.37 bits per heavy atom. The van der Waals surface area contributed by atoms with Crippen molar-refractivity contribution in [2.75, 3.05) is 13.7 Å². The molecule has 0 fully saturated rings. The Morgan fingerprint density at radius 1 is 0.947 bits per heavy atom. The van der Waals surface area contributed by atoms with Crippen LogP contribution in [0.25, 0.3) is 0 Å². The second-order valence-corrected chi connectivity index (χ2v) is 9.01. The van der Waals surface area contributed by atoms with Gasteiger partial charge in [0.15, 0.2) is 0 Å². The van der Waals surface area contributed by atoms with Gasteiger partial charge in [-0.15, -0.1) is 6.58 Å². The summed E-state index contributed by atoms with van der Waals surface area (Å²) < 4.78 is 5.33. The summed E-state index contributed by atoms with van der Waals surface area (Å²) in [5.41, 5.74) is 0. The zero-order valence-corrected chi connectivity index (χ0v) is 12.6. The molecule has 0 spiro atoms. The molecule has 0 radical (unpaired) electrons. The molecule has 0 saturated carbocycles. The molecule has 0 aromatic heterocycles. The molecule has 0 amide bonds. The Morgan fingerprint density at radius 3 is 1.74 bits per heavy atom. The van der Waals surface area contributed by atoms with Crippen LogP contribution in [0.15, 0.2) is 72.4 Å². The van der Waals surface area contributed by atoms with Gasteiger partial charge in [-0.2, -0.15) is 0 Å². The summed E-state index contributed by atoms with van der Waals surface area (Å²) in [6, 6.07) is 21.4. The van der Waals surface area contributed by atoms with Crippen LogP contribution in [0, 0.1) is 0 Å². The van der Waals surface area contributed by atoms with Crippen molar-refractivity contribution in [2.24, 2.45) is 0 Å². The molecule has 2 aromatic rings. The normalized spacial score (nSPS) is 11.3. The monoisotopic (exact) mass is 268 g/mol. The molecule has 0 saturated heterocycles. The van der Waals surface area contributed by atoms with Gasteiger partial charge < -0.3 is 4.74 Å². The quantitative estimate of drug-likeness (QED) is 0.758. The predicted octanol–water partition coefficient (Wildman–Crippen LogP) is 2.62. The van der Waals surface area contributed by atoms with E-state index in [9.17, 15) is 0 Å². The fourth-order valence-electron chi connectivity index (χ4n) is 2.44. The Kier molecular flexibility index (Phi) is 4.35. The zero-order chi connectivity index (χ0) is 13.7. The van der Waals surface area contributed by atoms with Crippen molar-refractivity contribution in [2.45, 2.75) is 6.55 Å². The Bertz CT molecular complexity index is 494. The first-order valence-corrected chi connectivity index (χ1v) is 8.98. The first-order valence-electron chi connectivity index (χ1n) is 6.48. The SMILES string of the molecule is C=C(COC)[Si](C)(c1ccccc1)c1ccccc1. The van der Waals surface area contributed by atoms with E-state index in [0.29, 0.717) is 6.61 Å². The second kappa shape index (κ2) is 6.00. The molecule has 0 aliphatic heterocycles. The molecule has 19 heavy (non-hydrogen) atoms. The molecular weight excluding hydrogens is 248 g/mol. The van der Waals surface area contributed by atoms with E-state index in [-0.39, 0.29) is 0 Å². The van der Waals surface area contributed by atoms with Crippen LogP contribution in [0.4, 0.5) is 0 Å². The second-order valence-electron chi connectivity index (χ2n) is 4.89. The lowest BCUT2D eigenvalue weighted by Crippen LogP contribution is -2.58. The van der Waals surface area contributed by atoms with Gasteiger partial charge in [-0.05, 0) is 10.4 Å². The highest BCUT2D eigenvalue weighted by molar-refractivity contribution is 7.06. The van der Waals surface area contributed by atoms with E-state index in [1.54, 1.807) is 7.11 Å². The van der Waals surface area contributed by atoms with Gasteiger partial charge in [0, 0.05) is 7.11 Å². The molecular formula is C17H20OSi. The maximum Gasteiger partial charge on any atom is 0.143 e. The number of hydrogen-bond acceptors (Lipinski definition) is 1. The molecule has 0 aliphatic carbocycles. The van der Waals surface area contributed by atoms with Crippen LogP contribution in [0.3, 0.4) is 0 Å². The van der Waals surface area contributed by atoms with E-state index in [4.69, 9.17) is 4.74 Å². The highest BCUT2D eigenvalue weighted by Crippen LogP contribution is 2.14. The van der Waals surface area contributed by atoms with Gasteiger partial charge in [0.1, 0.15) is 8.07 Å². The number of rotatable bonds is 5. The molecule has 2 rings (SSSR count). The van der Waals surface area contributed by atoms with Crippen LogP contribution in [0.2, 0.25) is 6.55 Å². The summed E-state index contributed by atoms with van der Waals surface area (Å²) in [6.07, 6.45) is 0. The fourth-order valence-corrected chi connectivity index (χ4v) is 5.74. The van der Waals surface area contributed by atoms with Gasteiger partial charge in [-0.25, -0.2) is 0 Å². The van der Waals surface area contributed by atoms with E-state index in [1.807, 2.05) is 0 Å². The van der Waals surface area contributed by atoms with Gasteiger partial charge in [0.25, 0.3) is 0 Å². The summed E-state index contributed by atoms with van der Waals surface area (Å²) in [4.78, 5) is 0. The maximum absolute atomic E-state index is 5.33. The van der Waals surface area contributed by atoms with Crippen molar-refractivity contribution in [3.05, 3.63) is 72.4 Å². The van der Waals surface area contributed by atoms with E-state index in [1.165, 1.54) is 15.6 Å². The van der Waals surface area contributed by atoms with Crippen molar-refractivity contribution < 1.29 is 4.74 Å². The van der Waals surface area contributed by atoms with E-state index in [2.05, 4.69) is 73.8 Å². The van der Waals surface area contributed by atoms with Gasteiger partial charge in [-0.3, -0.25) is 0 Å². The largest absolute Gasteiger partial charge is 0.381 e. The number of benzene rings is 2. The Hall–Kier alpha value is -1.64. The average molecular weight is 268 g/mol. The first-order chi connectivity index (χ1) is 9.19. The average Bonchev–Trinajstić information content (AvgIpc) is 2.48. The molecule has 1 nitrogen and oxygen atoms in total. The predicted molar refractivity (Wildman–Crippen MR) is 84.8 cm³/mol. The van der Waals surface area contributed by atoms with Crippen molar-refractivity contribution >= 4 is 18.4 Å². The number of ether oxygens (including phenoxy) is 1. The van der Waals surface area contributed by atoms with Crippen LogP contribution in [0.5, 0.6) is 0 Å². The topological polar surface area (TPSA) is 9.23 Å². The van der Waals surface area contributed by atoms with Gasteiger partial charge in [-0.1, -0.05) is 72.4 Å². The standard InChI is InChI=1S/C17H20OSi/c1-15(14-18-2)19(3,16-10-6-4-7-11-16)17-12-8-5-9-13-17/h4-13H,1,14H2,2-3H3. The summed E-state index contributed by atoms with van der Waals surface area (Å²) >= 11 is 0. The van der Waals surface area contributed by atoms with Crippen LogP contribution < -0.4 is 10.4 Å². The summed E-state index contributed by atoms with van der Waals surface area (Å²) in [5, 5.41) is 3.96. The van der Waals surface area contributed by atoms with Crippen LogP contribution in [0.1, 0.15) is 0 Å². The van der Waals surface area contributed by atoms with Gasteiger partial charge in [0.05, 0.1) is 6.61 Å². The summed E-state index contributed by atoms with van der Waals surface area (Å²) in [5.74, 6) is 0. The molecule has 2 heteroatoms. The lowest BCUT2D eigenvalue weighted by molar-refractivity contribution is 0.230. The Balaban J connectivity index is 2.54. The van der Waals surface area contributed by atoms with Crippen LogP contribution in [-0.4, -0.2) is 21.8 Å². The molecule has 0 N–H and O–H groups in total. The van der Waals surface area contributed by atoms with Crippen LogP contribution >= 0.6 is 0 Å². The highest BCUT2D eigenvalue weighted by atomic mass is 28.3. The Labute approximate surface area is 116 Å². The zero-order valence-electron chi connectivity index (χ0n) is 11.6. The minimum atomic E-state index is -1.95. The third kappa shape index (κ3) is 2.70. The third-order valence-electron chi connectivity index (χ3n) is 3.73. The van der Waals surface area contributed by atoms with Crippen LogP contribution in [-0.2, 0) is 4.74 Å². The maximum atomic E-state index is 5.33. The molecule has 0 atom stereocenters. The molecule has 0 bridgehead atoms. The van der Waals surface area contributed by atoms with Gasteiger partial charge >= 0.3 is 0 Å². The van der Waals surface area contributed by atoms with Crippen molar-refractivity contribution in [1.82, 2.24) is 0 Å². The lowest BCUT2D eigenvalue weighted by atomic mass is 10.4. The van der Waals surface area contributed by atoms with Gasteiger partial charge in [0.2, 0.25) is 0 Å². The summed E-state index contributed by atoms with van der Waals surface area (Å²) in [7, 11) is -0.213. The van der Waals surface area contributed by atoms with Crippen molar-refractivity contribution in [1.29, 1.82) is 0 Å². The molecule has 0 unspecified atom stereocenters. The number of methoxy groups -OCH3 is 1. The van der Waals surface area contributed by atoms with Crippen molar-refractivity contribution in [3.8, 4) is 0 Å². The van der Waals surface area contributed by atoms with E-state index in [0.717, 1.165) is 0 Å². The lowest BCUT2D eigenvalue weighted by Gasteiger charge is -2.30. The smallest absolute Gasteiger partial charge is 0.143 e. The first kappa shape index (κ1) is 13.8. The van der Waals surface area contributed by atoms with E-state index >= 15 is 0 Å². The molecule has 98 valence electrons. The minimum absolute atomic E-state index is 0.618. The highest BCUT2D eigenvalue weighted by Gasteiger charge is 2.34. The minimum Gasteiger partial charge on any atom is -0.381 e. The molecule has 0 heterocycles. The van der Waals surface area contributed by atoms with Crippen molar-refractivity contribution in [3.63, 3.8) is 0 Å². The number of hydrogen-bond donors (Lipinski definition) is 0. The third-order valence-corrected chi connectivity index (χ3v) is 8.26. The summed E-state index contributed by atoms with van der Waals surface area (Å²) in [6.45, 7) is 7.27.